The third-order valence-electron chi connectivity index (χ3n) is 4.90. The second-order valence-corrected chi connectivity index (χ2v) is 8.61. The predicted molar refractivity (Wildman–Crippen MR) is 122 cm³/mol. The van der Waals surface area contributed by atoms with E-state index in [2.05, 4.69) is 10.9 Å². The number of amides is 2. The molecule has 32 heavy (non-hydrogen) atoms. The van der Waals surface area contributed by atoms with Gasteiger partial charge in [0.1, 0.15) is 6.10 Å². The van der Waals surface area contributed by atoms with Crippen LogP contribution < -0.4 is 10.9 Å². The predicted octanol–water partition coefficient (Wildman–Crippen LogP) is 4.70. The van der Waals surface area contributed by atoms with Crippen LogP contribution in [0.1, 0.15) is 44.4 Å². The molecule has 3 aromatic rings. The Kier molecular flexibility index (Phi) is 6.78. The molecular formula is C24H19ClN2O4S. The molecule has 0 bridgehead atoms. The average Bonchev–Trinajstić information content (AvgIpc) is 3.13. The zero-order valence-corrected chi connectivity index (χ0v) is 18.4. The molecule has 1 unspecified atom stereocenters. The Bertz CT molecular complexity index is 1150. The van der Waals surface area contributed by atoms with E-state index >= 15 is 0 Å². The molecule has 1 aliphatic rings. The normalized spacial score (nSPS) is 14.4. The summed E-state index contributed by atoms with van der Waals surface area (Å²) in [6.45, 7) is 0. The number of thioether (sulfide) groups is 1. The number of fused-ring (bicyclic) bond motifs is 1. The topological polar surface area (TPSA) is 84.5 Å². The summed E-state index contributed by atoms with van der Waals surface area (Å²) in [5, 5.41) is 0.700. The van der Waals surface area contributed by atoms with Crippen LogP contribution in [0.15, 0.2) is 77.7 Å². The van der Waals surface area contributed by atoms with E-state index in [0.717, 1.165) is 16.2 Å². The lowest BCUT2D eigenvalue weighted by Crippen LogP contribution is -2.42. The van der Waals surface area contributed by atoms with Crippen LogP contribution in [0, 0.1) is 0 Å². The lowest BCUT2D eigenvalue weighted by Gasteiger charge is -2.12. The molecule has 1 aliphatic heterocycles. The van der Waals surface area contributed by atoms with Crippen LogP contribution >= 0.6 is 23.4 Å². The summed E-state index contributed by atoms with van der Waals surface area (Å²) >= 11 is 7.57. The van der Waals surface area contributed by atoms with Gasteiger partial charge in [0, 0.05) is 26.8 Å². The van der Waals surface area contributed by atoms with E-state index in [0.29, 0.717) is 21.7 Å². The SMILES string of the molecule is O=C(CC1OC(=O)c2ccccc21)NNC(=O)c1ccc(CSc2ccc(Cl)cc2)cc1. The minimum Gasteiger partial charge on any atom is -0.453 e. The molecule has 3 aromatic carbocycles. The molecule has 0 radical (unpaired) electrons. The second kappa shape index (κ2) is 9.89. The molecule has 4 rings (SSSR count). The molecule has 0 saturated heterocycles. The van der Waals surface area contributed by atoms with E-state index in [-0.39, 0.29) is 6.42 Å². The molecule has 162 valence electrons. The quantitative estimate of drug-likeness (QED) is 0.312. The summed E-state index contributed by atoms with van der Waals surface area (Å²) in [5.41, 5.74) is 7.38. The molecule has 0 fully saturated rings. The molecule has 6 nitrogen and oxygen atoms in total. The van der Waals surface area contributed by atoms with Crippen LogP contribution in [0.25, 0.3) is 0 Å². The van der Waals surface area contributed by atoms with Gasteiger partial charge in [-0.3, -0.25) is 20.4 Å². The molecule has 1 atom stereocenters. The Morgan fingerprint density at radius 3 is 2.41 bits per heavy atom. The summed E-state index contributed by atoms with van der Waals surface area (Å²) in [4.78, 5) is 37.5. The van der Waals surface area contributed by atoms with Crippen LogP contribution in [0.2, 0.25) is 5.02 Å². The molecule has 2 N–H and O–H groups in total. The molecular weight excluding hydrogens is 448 g/mol. The number of hydrogen-bond acceptors (Lipinski definition) is 5. The number of carbonyl (C=O) groups is 3. The van der Waals surface area contributed by atoms with Crippen molar-refractivity contribution < 1.29 is 19.1 Å². The monoisotopic (exact) mass is 466 g/mol. The van der Waals surface area contributed by atoms with Gasteiger partial charge in [-0.05, 0) is 48.0 Å². The smallest absolute Gasteiger partial charge is 0.339 e. The number of benzene rings is 3. The Hall–Kier alpha value is -3.29. The van der Waals surface area contributed by atoms with Gasteiger partial charge in [-0.15, -0.1) is 11.8 Å². The van der Waals surface area contributed by atoms with E-state index in [4.69, 9.17) is 16.3 Å². The number of halogens is 1. The van der Waals surface area contributed by atoms with Gasteiger partial charge < -0.3 is 4.74 Å². The van der Waals surface area contributed by atoms with Crippen molar-refractivity contribution in [2.24, 2.45) is 0 Å². The molecule has 8 heteroatoms. The van der Waals surface area contributed by atoms with E-state index in [1.165, 1.54) is 0 Å². The van der Waals surface area contributed by atoms with Crippen LogP contribution in [0.4, 0.5) is 0 Å². The zero-order valence-electron chi connectivity index (χ0n) is 16.8. The number of ether oxygens (including phenoxy) is 1. The van der Waals surface area contributed by atoms with Crippen LogP contribution in [-0.4, -0.2) is 17.8 Å². The molecule has 0 aromatic heterocycles. The van der Waals surface area contributed by atoms with Crippen LogP contribution in [-0.2, 0) is 15.3 Å². The first-order chi connectivity index (χ1) is 15.5. The number of hydrogen-bond donors (Lipinski definition) is 2. The summed E-state index contributed by atoms with van der Waals surface area (Å²) in [7, 11) is 0. The van der Waals surface area contributed by atoms with Crippen molar-refractivity contribution in [3.05, 3.63) is 100 Å². The van der Waals surface area contributed by atoms with Crippen LogP contribution in [0.3, 0.4) is 0 Å². The van der Waals surface area contributed by atoms with Crippen molar-refractivity contribution in [1.29, 1.82) is 0 Å². The van der Waals surface area contributed by atoms with Crippen molar-refractivity contribution in [3.8, 4) is 0 Å². The largest absolute Gasteiger partial charge is 0.453 e. The summed E-state index contributed by atoms with van der Waals surface area (Å²) in [6, 6.07) is 21.7. The van der Waals surface area contributed by atoms with Crippen molar-refractivity contribution in [1.82, 2.24) is 10.9 Å². The van der Waals surface area contributed by atoms with Crippen molar-refractivity contribution in [3.63, 3.8) is 0 Å². The van der Waals surface area contributed by atoms with Gasteiger partial charge in [0.05, 0.1) is 12.0 Å². The second-order valence-electron chi connectivity index (χ2n) is 7.13. The number of hydrazine groups is 1. The number of rotatable bonds is 6. The fourth-order valence-electron chi connectivity index (χ4n) is 3.24. The van der Waals surface area contributed by atoms with Crippen molar-refractivity contribution in [2.75, 3.05) is 0 Å². The van der Waals surface area contributed by atoms with E-state index < -0.39 is 23.9 Å². The highest BCUT2D eigenvalue weighted by molar-refractivity contribution is 7.98. The van der Waals surface area contributed by atoms with Gasteiger partial charge in [0.15, 0.2) is 0 Å². The molecule has 2 amide bonds. The average molecular weight is 467 g/mol. The maximum Gasteiger partial charge on any atom is 0.339 e. The Labute approximate surface area is 194 Å². The first-order valence-corrected chi connectivity index (χ1v) is 11.2. The van der Waals surface area contributed by atoms with Gasteiger partial charge in [0.2, 0.25) is 5.91 Å². The number of nitrogens with one attached hydrogen (secondary N) is 2. The van der Waals surface area contributed by atoms with Gasteiger partial charge in [0.25, 0.3) is 5.91 Å². The third kappa shape index (κ3) is 5.30. The fourth-order valence-corrected chi connectivity index (χ4v) is 4.22. The highest BCUT2D eigenvalue weighted by Crippen LogP contribution is 2.32. The van der Waals surface area contributed by atoms with E-state index in [1.807, 2.05) is 36.4 Å². The van der Waals surface area contributed by atoms with E-state index in [9.17, 15) is 14.4 Å². The number of cyclic esters (lactones) is 1. The standard InChI is InChI=1S/C24H19ClN2O4S/c25-17-9-11-18(12-10-17)32-14-15-5-7-16(8-6-15)23(29)27-26-22(28)13-21-19-3-1-2-4-20(19)24(30)31-21/h1-12,21H,13-14H2,(H,26,28)(H,27,29). The van der Waals surface area contributed by atoms with Gasteiger partial charge >= 0.3 is 5.97 Å². The fraction of sp³-hybridized carbons (Fsp3) is 0.125. The lowest BCUT2D eigenvalue weighted by atomic mass is 10.0. The first kappa shape index (κ1) is 21.9. The molecule has 1 heterocycles. The molecule has 0 spiro atoms. The Balaban J connectivity index is 1.25. The highest BCUT2D eigenvalue weighted by atomic mass is 35.5. The number of carbonyl (C=O) groups excluding carboxylic acids is 3. The van der Waals surface area contributed by atoms with Gasteiger partial charge in [-0.25, -0.2) is 4.79 Å². The number of esters is 1. The lowest BCUT2D eigenvalue weighted by molar-refractivity contribution is -0.123. The summed E-state index contributed by atoms with van der Waals surface area (Å²) in [5.74, 6) is -0.582. The molecule has 0 aliphatic carbocycles. The Morgan fingerprint density at radius 1 is 0.938 bits per heavy atom. The zero-order chi connectivity index (χ0) is 22.5. The van der Waals surface area contributed by atoms with Crippen molar-refractivity contribution in [2.45, 2.75) is 23.2 Å². The van der Waals surface area contributed by atoms with Crippen LogP contribution in [0.5, 0.6) is 0 Å². The first-order valence-electron chi connectivity index (χ1n) is 9.86. The maximum atomic E-state index is 12.3. The maximum absolute atomic E-state index is 12.3. The summed E-state index contributed by atoms with van der Waals surface area (Å²) in [6.07, 6.45) is -0.739. The minimum absolute atomic E-state index is 0.0795. The Morgan fingerprint density at radius 2 is 1.66 bits per heavy atom. The van der Waals surface area contributed by atoms with E-state index in [1.54, 1.807) is 48.2 Å². The van der Waals surface area contributed by atoms with Crippen molar-refractivity contribution >= 4 is 41.1 Å². The summed E-state index contributed by atoms with van der Waals surface area (Å²) < 4.78 is 5.25. The molecule has 0 saturated carbocycles. The third-order valence-corrected chi connectivity index (χ3v) is 6.23. The van der Waals surface area contributed by atoms with Gasteiger partial charge in [-0.1, -0.05) is 41.9 Å². The van der Waals surface area contributed by atoms with Gasteiger partial charge in [-0.2, -0.15) is 0 Å². The highest BCUT2D eigenvalue weighted by Gasteiger charge is 2.32. The minimum atomic E-state index is -0.659.